The maximum atomic E-state index is 11.8. The largest absolute Gasteiger partial charge is 0.370 e. The Hall–Kier alpha value is -2.14. The summed E-state index contributed by atoms with van der Waals surface area (Å²) in [7, 11) is 3.54. The lowest BCUT2D eigenvalue weighted by molar-refractivity contribution is -0.00805. The number of carbonyl (C=O) groups excluding carboxylic acids is 1. The zero-order chi connectivity index (χ0) is 19.9. The van der Waals surface area contributed by atoms with Crippen LogP contribution in [0.2, 0.25) is 0 Å². The van der Waals surface area contributed by atoms with Gasteiger partial charge in [0.05, 0.1) is 25.9 Å². The monoisotopic (exact) mass is 512 g/mol. The van der Waals surface area contributed by atoms with Gasteiger partial charge in [-0.05, 0) is 24.6 Å². The Morgan fingerprint density at radius 2 is 2.24 bits per heavy atom. The van der Waals surface area contributed by atoms with Crippen LogP contribution in [-0.2, 0) is 18.3 Å². The molecule has 1 aromatic heterocycles. The Balaban J connectivity index is 0.00000300. The molecule has 1 amide bonds. The average Bonchev–Trinajstić information content (AvgIpc) is 3.17. The number of rotatable bonds is 5. The molecular formula is C20H29IN6O2. The van der Waals surface area contributed by atoms with Crippen molar-refractivity contribution in [1.29, 1.82) is 0 Å². The third-order valence-electron chi connectivity index (χ3n) is 4.63. The van der Waals surface area contributed by atoms with E-state index in [1.165, 1.54) is 0 Å². The molecule has 1 aliphatic heterocycles. The van der Waals surface area contributed by atoms with Gasteiger partial charge in [-0.15, -0.1) is 24.0 Å². The van der Waals surface area contributed by atoms with Crippen LogP contribution in [0.5, 0.6) is 0 Å². The van der Waals surface area contributed by atoms with E-state index in [0.717, 1.165) is 36.7 Å². The number of ether oxygens (including phenoxy) is 1. The zero-order valence-electron chi connectivity index (χ0n) is 17.1. The van der Waals surface area contributed by atoms with Gasteiger partial charge in [-0.2, -0.15) is 5.10 Å². The van der Waals surface area contributed by atoms with Gasteiger partial charge in [0.15, 0.2) is 5.96 Å². The van der Waals surface area contributed by atoms with Gasteiger partial charge in [-0.1, -0.05) is 12.1 Å². The molecule has 1 aliphatic rings. The number of amides is 1. The van der Waals surface area contributed by atoms with Gasteiger partial charge in [0.2, 0.25) is 0 Å². The third-order valence-corrected chi connectivity index (χ3v) is 4.63. The van der Waals surface area contributed by atoms with Crippen LogP contribution in [0.15, 0.2) is 41.7 Å². The number of hydrogen-bond acceptors (Lipinski definition) is 4. The van der Waals surface area contributed by atoms with Crippen molar-refractivity contribution in [1.82, 2.24) is 25.3 Å². The molecule has 0 aliphatic carbocycles. The normalized spacial score (nSPS) is 16.9. The summed E-state index contributed by atoms with van der Waals surface area (Å²) in [6.45, 7) is 5.47. The number of carbonyl (C=O) groups is 1. The Bertz CT molecular complexity index is 838. The molecule has 0 spiro atoms. The van der Waals surface area contributed by atoms with Crippen molar-refractivity contribution in [2.45, 2.75) is 19.6 Å². The molecule has 1 atom stereocenters. The SMILES string of the molecule is CCNC(=NCc1cccc(C(=O)NC)c1)N1CCOC(c2cnn(C)c2)C1.I. The maximum absolute atomic E-state index is 11.8. The van der Waals surface area contributed by atoms with E-state index in [4.69, 9.17) is 9.73 Å². The van der Waals surface area contributed by atoms with Crippen molar-refractivity contribution >= 4 is 35.8 Å². The number of aryl methyl sites for hydroxylation is 1. The summed E-state index contributed by atoms with van der Waals surface area (Å²) in [6.07, 6.45) is 3.81. The van der Waals surface area contributed by atoms with Crippen LogP contribution in [0.25, 0.3) is 0 Å². The quantitative estimate of drug-likeness (QED) is 0.364. The average molecular weight is 512 g/mol. The van der Waals surface area contributed by atoms with E-state index in [1.807, 2.05) is 37.6 Å². The van der Waals surface area contributed by atoms with Crippen LogP contribution in [-0.4, -0.2) is 59.8 Å². The van der Waals surface area contributed by atoms with Crippen LogP contribution in [0, 0.1) is 0 Å². The first-order valence-electron chi connectivity index (χ1n) is 9.55. The highest BCUT2D eigenvalue weighted by Crippen LogP contribution is 2.21. The lowest BCUT2D eigenvalue weighted by atomic mass is 10.1. The van der Waals surface area contributed by atoms with Crippen LogP contribution in [0.3, 0.4) is 0 Å². The molecule has 158 valence electrons. The summed E-state index contributed by atoms with van der Waals surface area (Å²) in [4.78, 5) is 18.8. The van der Waals surface area contributed by atoms with Gasteiger partial charge in [-0.3, -0.25) is 9.48 Å². The summed E-state index contributed by atoms with van der Waals surface area (Å²) in [5, 5.41) is 10.3. The van der Waals surface area contributed by atoms with E-state index in [2.05, 4.69) is 27.6 Å². The molecule has 2 N–H and O–H groups in total. The smallest absolute Gasteiger partial charge is 0.251 e. The standard InChI is InChI=1S/C20H28N6O2.HI/c1-4-22-20(23-11-15-6-5-7-16(10-15)19(27)21-2)26-8-9-28-18(14-26)17-12-24-25(3)13-17;/h5-7,10,12-13,18H,4,8-9,11,14H2,1-3H3,(H,21,27)(H,22,23);1H. The van der Waals surface area contributed by atoms with Crippen LogP contribution < -0.4 is 10.6 Å². The highest BCUT2D eigenvalue weighted by atomic mass is 127. The van der Waals surface area contributed by atoms with E-state index in [1.54, 1.807) is 17.8 Å². The molecular weight excluding hydrogens is 483 g/mol. The molecule has 1 saturated heterocycles. The molecule has 0 radical (unpaired) electrons. The van der Waals surface area contributed by atoms with E-state index < -0.39 is 0 Å². The Morgan fingerprint density at radius 3 is 2.93 bits per heavy atom. The van der Waals surface area contributed by atoms with Crippen molar-refractivity contribution in [3.05, 3.63) is 53.3 Å². The number of hydrogen-bond donors (Lipinski definition) is 2. The Morgan fingerprint density at radius 1 is 1.41 bits per heavy atom. The number of aliphatic imine (C=N–C) groups is 1. The first-order valence-corrected chi connectivity index (χ1v) is 9.55. The fourth-order valence-electron chi connectivity index (χ4n) is 3.20. The molecule has 1 aromatic carbocycles. The fourth-order valence-corrected chi connectivity index (χ4v) is 3.20. The maximum Gasteiger partial charge on any atom is 0.251 e. The van der Waals surface area contributed by atoms with E-state index in [0.29, 0.717) is 18.7 Å². The lowest BCUT2D eigenvalue weighted by Crippen LogP contribution is -2.48. The molecule has 0 bridgehead atoms. The number of guanidine groups is 1. The first-order chi connectivity index (χ1) is 13.6. The summed E-state index contributed by atoms with van der Waals surface area (Å²) < 4.78 is 7.72. The number of nitrogens with one attached hydrogen (secondary N) is 2. The predicted molar refractivity (Wildman–Crippen MR) is 124 cm³/mol. The molecule has 1 fully saturated rings. The van der Waals surface area contributed by atoms with Crippen molar-refractivity contribution < 1.29 is 9.53 Å². The minimum absolute atomic E-state index is 0. The zero-order valence-corrected chi connectivity index (χ0v) is 19.4. The lowest BCUT2D eigenvalue weighted by Gasteiger charge is -2.34. The number of halogens is 1. The summed E-state index contributed by atoms with van der Waals surface area (Å²) in [5.74, 6) is 0.760. The molecule has 2 aromatic rings. The van der Waals surface area contributed by atoms with E-state index in [-0.39, 0.29) is 36.0 Å². The predicted octanol–water partition coefficient (Wildman–Crippen LogP) is 1.94. The minimum atomic E-state index is -0.0924. The second-order valence-corrected chi connectivity index (χ2v) is 6.70. The van der Waals surface area contributed by atoms with Crippen LogP contribution in [0.4, 0.5) is 0 Å². The second-order valence-electron chi connectivity index (χ2n) is 6.70. The Labute approximate surface area is 188 Å². The van der Waals surface area contributed by atoms with Gasteiger partial charge in [0.1, 0.15) is 6.10 Å². The Kier molecular flexibility index (Phi) is 8.90. The molecule has 9 heteroatoms. The van der Waals surface area contributed by atoms with Gasteiger partial charge in [0.25, 0.3) is 5.91 Å². The summed E-state index contributed by atoms with van der Waals surface area (Å²) in [5.41, 5.74) is 2.71. The van der Waals surface area contributed by atoms with Crippen molar-refractivity contribution in [3.63, 3.8) is 0 Å². The summed E-state index contributed by atoms with van der Waals surface area (Å²) in [6, 6.07) is 7.55. The van der Waals surface area contributed by atoms with Crippen molar-refractivity contribution in [3.8, 4) is 0 Å². The summed E-state index contributed by atoms with van der Waals surface area (Å²) >= 11 is 0. The van der Waals surface area contributed by atoms with Gasteiger partial charge in [-0.25, -0.2) is 4.99 Å². The molecule has 0 saturated carbocycles. The van der Waals surface area contributed by atoms with Crippen molar-refractivity contribution in [2.75, 3.05) is 33.3 Å². The minimum Gasteiger partial charge on any atom is -0.370 e. The van der Waals surface area contributed by atoms with Crippen LogP contribution in [0.1, 0.15) is 34.5 Å². The van der Waals surface area contributed by atoms with E-state index in [9.17, 15) is 4.79 Å². The number of aromatic nitrogens is 2. The van der Waals surface area contributed by atoms with E-state index >= 15 is 0 Å². The fraction of sp³-hybridized carbons (Fsp3) is 0.450. The van der Waals surface area contributed by atoms with Gasteiger partial charge >= 0.3 is 0 Å². The first kappa shape index (κ1) is 23.1. The van der Waals surface area contributed by atoms with Crippen LogP contribution >= 0.6 is 24.0 Å². The number of morpholine rings is 1. The number of nitrogens with zero attached hydrogens (tertiary/aromatic N) is 4. The van der Waals surface area contributed by atoms with Gasteiger partial charge < -0.3 is 20.3 Å². The highest BCUT2D eigenvalue weighted by Gasteiger charge is 2.25. The van der Waals surface area contributed by atoms with Gasteiger partial charge in [0, 0.05) is 44.5 Å². The molecule has 29 heavy (non-hydrogen) atoms. The van der Waals surface area contributed by atoms with Crippen molar-refractivity contribution in [2.24, 2.45) is 12.0 Å². The second kappa shape index (κ2) is 11.1. The number of benzene rings is 1. The molecule has 1 unspecified atom stereocenters. The molecule has 8 nitrogen and oxygen atoms in total. The highest BCUT2D eigenvalue weighted by molar-refractivity contribution is 14.0. The topological polar surface area (TPSA) is 83.8 Å². The third kappa shape index (κ3) is 6.17. The molecule has 2 heterocycles. The molecule has 3 rings (SSSR count).